The summed E-state index contributed by atoms with van der Waals surface area (Å²) in [6.45, 7) is 0. The zero-order chi connectivity index (χ0) is 13.2. The van der Waals surface area contributed by atoms with Gasteiger partial charge in [0.1, 0.15) is 12.0 Å². The summed E-state index contributed by atoms with van der Waals surface area (Å²) in [5.41, 5.74) is 5.86. The molecular formula is C9H8N8O2. The first-order valence-corrected chi connectivity index (χ1v) is 5.14. The van der Waals surface area contributed by atoms with E-state index in [1.165, 1.54) is 13.4 Å². The van der Waals surface area contributed by atoms with E-state index in [4.69, 9.17) is 15.0 Å². The quantitative estimate of drug-likeness (QED) is 0.659. The van der Waals surface area contributed by atoms with Crippen LogP contribution in [-0.2, 0) is 0 Å². The van der Waals surface area contributed by atoms with E-state index in [-0.39, 0.29) is 23.5 Å². The fourth-order valence-electron chi connectivity index (χ4n) is 1.37. The second-order valence-electron chi connectivity index (χ2n) is 3.41. The number of nitrogens with zero attached hydrogens (tertiary/aromatic N) is 6. The third kappa shape index (κ3) is 2.06. The molecule has 0 spiro atoms. The van der Waals surface area contributed by atoms with Crippen molar-refractivity contribution >= 4 is 5.95 Å². The normalized spacial score (nSPS) is 10.6. The monoisotopic (exact) mass is 260 g/mol. The lowest BCUT2D eigenvalue weighted by Crippen LogP contribution is -1.92. The predicted octanol–water partition coefficient (Wildman–Crippen LogP) is -0.0975. The fourth-order valence-corrected chi connectivity index (χ4v) is 1.37. The molecule has 0 saturated carbocycles. The Kier molecular flexibility index (Phi) is 2.52. The number of aromatic amines is 1. The van der Waals surface area contributed by atoms with Crippen molar-refractivity contribution in [1.29, 1.82) is 0 Å². The number of aromatic nitrogens is 7. The van der Waals surface area contributed by atoms with Gasteiger partial charge in [0.25, 0.3) is 5.89 Å². The summed E-state index contributed by atoms with van der Waals surface area (Å²) in [7, 11) is 1.51. The number of ether oxygens (including phenoxy) is 1. The minimum absolute atomic E-state index is 0.0958. The van der Waals surface area contributed by atoms with E-state index < -0.39 is 0 Å². The zero-order valence-electron chi connectivity index (χ0n) is 9.73. The molecular weight excluding hydrogens is 252 g/mol. The van der Waals surface area contributed by atoms with E-state index in [1.807, 2.05) is 0 Å². The lowest BCUT2D eigenvalue weighted by atomic mass is 10.4. The summed E-state index contributed by atoms with van der Waals surface area (Å²) in [5.74, 6) is 1.23. The molecule has 3 aromatic heterocycles. The SMILES string of the molecule is COc1cc(-c2noc(-c3nc(N)n[nH]3)n2)ncn1. The summed E-state index contributed by atoms with van der Waals surface area (Å²) in [4.78, 5) is 15.9. The van der Waals surface area contributed by atoms with E-state index in [2.05, 4.69) is 35.3 Å². The number of nitrogen functional groups attached to an aromatic ring is 1. The van der Waals surface area contributed by atoms with Crippen LogP contribution in [0.1, 0.15) is 0 Å². The van der Waals surface area contributed by atoms with E-state index in [9.17, 15) is 0 Å². The van der Waals surface area contributed by atoms with Gasteiger partial charge in [-0.25, -0.2) is 9.97 Å². The van der Waals surface area contributed by atoms with Crippen LogP contribution in [0.15, 0.2) is 16.9 Å². The Hall–Kier alpha value is -3.04. The predicted molar refractivity (Wildman–Crippen MR) is 61.7 cm³/mol. The highest BCUT2D eigenvalue weighted by Crippen LogP contribution is 2.20. The molecule has 0 saturated heterocycles. The molecule has 0 unspecified atom stereocenters. The van der Waals surface area contributed by atoms with Gasteiger partial charge >= 0.3 is 0 Å². The molecule has 96 valence electrons. The van der Waals surface area contributed by atoms with Crippen LogP contribution in [0.3, 0.4) is 0 Å². The van der Waals surface area contributed by atoms with Gasteiger partial charge in [-0.2, -0.15) is 9.97 Å². The molecule has 3 N–H and O–H groups in total. The number of H-pyrrole nitrogens is 1. The van der Waals surface area contributed by atoms with Crippen molar-refractivity contribution in [2.24, 2.45) is 0 Å². The first kappa shape index (κ1) is 11.1. The highest BCUT2D eigenvalue weighted by atomic mass is 16.5. The van der Waals surface area contributed by atoms with Crippen molar-refractivity contribution < 1.29 is 9.26 Å². The van der Waals surface area contributed by atoms with Gasteiger partial charge in [-0.15, -0.1) is 5.10 Å². The maximum absolute atomic E-state index is 5.39. The number of methoxy groups -OCH3 is 1. The maximum Gasteiger partial charge on any atom is 0.295 e. The van der Waals surface area contributed by atoms with Crippen LogP contribution < -0.4 is 10.5 Å². The Balaban J connectivity index is 1.96. The molecule has 0 aliphatic rings. The fraction of sp³-hybridized carbons (Fsp3) is 0.111. The summed E-state index contributed by atoms with van der Waals surface area (Å²) in [6, 6.07) is 1.59. The van der Waals surface area contributed by atoms with Gasteiger partial charge in [0.05, 0.1) is 7.11 Å². The zero-order valence-corrected chi connectivity index (χ0v) is 9.73. The molecule has 0 bridgehead atoms. The van der Waals surface area contributed by atoms with Gasteiger partial charge in [0.15, 0.2) is 0 Å². The Morgan fingerprint density at radius 3 is 2.95 bits per heavy atom. The molecule has 10 nitrogen and oxygen atoms in total. The lowest BCUT2D eigenvalue weighted by Gasteiger charge is -1.97. The number of anilines is 1. The van der Waals surface area contributed by atoms with Crippen molar-refractivity contribution in [2.75, 3.05) is 12.8 Å². The van der Waals surface area contributed by atoms with E-state index >= 15 is 0 Å². The van der Waals surface area contributed by atoms with Crippen LogP contribution >= 0.6 is 0 Å². The molecule has 0 aromatic carbocycles. The van der Waals surface area contributed by atoms with Gasteiger partial charge in [-0.3, -0.25) is 5.10 Å². The van der Waals surface area contributed by atoms with Crippen LogP contribution in [0.4, 0.5) is 5.95 Å². The highest BCUT2D eigenvalue weighted by Gasteiger charge is 2.15. The minimum atomic E-state index is 0.0958. The molecule has 3 heterocycles. The van der Waals surface area contributed by atoms with E-state index in [1.54, 1.807) is 6.07 Å². The van der Waals surface area contributed by atoms with Crippen LogP contribution in [0.25, 0.3) is 23.2 Å². The Morgan fingerprint density at radius 1 is 1.32 bits per heavy atom. The van der Waals surface area contributed by atoms with Gasteiger partial charge in [-0.1, -0.05) is 5.16 Å². The number of nitrogens with one attached hydrogen (secondary N) is 1. The van der Waals surface area contributed by atoms with Crippen LogP contribution in [0.5, 0.6) is 5.88 Å². The molecule has 0 atom stereocenters. The second kappa shape index (κ2) is 4.33. The third-order valence-corrected chi connectivity index (χ3v) is 2.21. The first-order chi connectivity index (χ1) is 9.26. The molecule has 10 heteroatoms. The molecule has 0 amide bonds. The molecule has 0 radical (unpaired) electrons. The van der Waals surface area contributed by atoms with Crippen molar-refractivity contribution in [3.05, 3.63) is 12.4 Å². The van der Waals surface area contributed by atoms with Crippen LogP contribution in [0, 0.1) is 0 Å². The number of nitrogens with two attached hydrogens (primary N) is 1. The van der Waals surface area contributed by atoms with Crippen LogP contribution in [-0.4, -0.2) is 42.4 Å². The largest absolute Gasteiger partial charge is 0.481 e. The summed E-state index contributed by atoms with van der Waals surface area (Å²) in [6.07, 6.45) is 1.34. The Bertz CT molecular complexity index is 706. The van der Waals surface area contributed by atoms with Crippen molar-refractivity contribution in [1.82, 2.24) is 35.3 Å². The molecule has 3 rings (SSSR count). The smallest absolute Gasteiger partial charge is 0.295 e. The maximum atomic E-state index is 5.39. The Morgan fingerprint density at radius 2 is 2.21 bits per heavy atom. The van der Waals surface area contributed by atoms with Gasteiger partial charge in [-0.05, 0) is 0 Å². The molecule has 0 fully saturated rings. The number of hydrogen-bond acceptors (Lipinski definition) is 9. The van der Waals surface area contributed by atoms with Crippen LogP contribution in [0.2, 0.25) is 0 Å². The molecule has 0 aliphatic heterocycles. The van der Waals surface area contributed by atoms with Crippen molar-refractivity contribution in [2.45, 2.75) is 0 Å². The summed E-state index contributed by atoms with van der Waals surface area (Å²) in [5, 5.41) is 10.0. The minimum Gasteiger partial charge on any atom is -0.481 e. The van der Waals surface area contributed by atoms with Gasteiger partial charge in [0, 0.05) is 6.07 Å². The second-order valence-corrected chi connectivity index (χ2v) is 3.41. The van der Waals surface area contributed by atoms with Crippen molar-refractivity contribution in [3.63, 3.8) is 0 Å². The first-order valence-electron chi connectivity index (χ1n) is 5.14. The van der Waals surface area contributed by atoms with Gasteiger partial charge in [0.2, 0.25) is 23.5 Å². The van der Waals surface area contributed by atoms with Crippen molar-refractivity contribution in [3.8, 4) is 29.1 Å². The molecule has 3 aromatic rings. The average Bonchev–Trinajstić information content (AvgIpc) is 3.07. The third-order valence-electron chi connectivity index (χ3n) is 2.21. The summed E-state index contributed by atoms with van der Waals surface area (Å²) < 4.78 is 10.0. The Labute approximate surface area is 106 Å². The van der Waals surface area contributed by atoms with Gasteiger partial charge < -0.3 is 15.0 Å². The number of hydrogen-bond donors (Lipinski definition) is 2. The van der Waals surface area contributed by atoms with E-state index in [0.29, 0.717) is 11.6 Å². The standard InChI is InChI=1S/C9H8N8O2/c1-18-5-2-4(11-3-12-5)6-13-8(19-17-6)7-14-9(10)16-15-7/h2-3H,1H3,(H3,10,14,15,16). The highest BCUT2D eigenvalue weighted by molar-refractivity contribution is 5.53. The average molecular weight is 260 g/mol. The molecule has 0 aliphatic carbocycles. The molecule has 19 heavy (non-hydrogen) atoms. The lowest BCUT2D eigenvalue weighted by molar-refractivity contribution is 0.397. The summed E-state index contributed by atoms with van der Waals surface area (Å²) >= 11 is 0. The van der Waals surface area contributed by atoms with E-state index in [0.717, 1.165) is 0 Å². The topological polar surface area (TPSA) is 142 Å². The number of rotatable bonds is 3.